The first-order valence-electron chi connectivity index (χ1n) is 14.4. The highest BCUT2D eigenvalue weighted by atomic mass is 32.2. The van der Waals surface area contributed by atoms with E-state index in [0.29, 0.717) is 69.1 Å². The second-order valence-corrected chi connectivity index (χ2v) is 12.2. The molecule has 1 saturated heterocycles. The van der Waals surface area contributed by atoms with Gasteiger partial charge in [-0.2, -0.15) is 9.40 Å². The van der Waals surface area contributed by atoms with E-state index >= 15 is 0 Å². The summed E-state index contributed by atoms with van der Waals surface area (Å²) in [5.74, 6) is 0.498. The number of aryl methyl sites for hydroxylation is 1. The molecule has 228 valence electrons. The van der Waals surface area contributed by atoms with Crippen LogP contribution in [0.1, 0.15) is 39.3 Å². The van der Waals surface area contributed by atoms with Crippen molar-refractivity contribution in [3.8, 4) is 22.8 Å². The molecule has 0 atom stereocenters. The summed E-state index contributed by atoms with van der Waals surface area (Å²) in [6, 6.07) is 10.8. The van der Waals surface area contributed by atoms with Crippen molar-refractivity contribution in [3.05, 3.63) is 68.6 Å². The number of ether oxygens (including phenoxy) is 1. The van der Waals surface area contributed by atoms with E-state index < -0.39 is 20.5 Å². The maximum Gasteiger partial charge on any atom is 0.294 e. The van der Waals surface area contributed by atoms with Crippen molar-refractivity contribution >= 4 is 26.7 Å². The Morgan fingerprint density at radius 3 is 2.44 bits per heavy atom. The molecule has 2 aromatic carbocycles. The van der Waals surface area contributed by atoms with Gasteiger partial charge in [-0.15, -0.1) is 0 Å². The molecule has 2 aromatic heterocycles. The lowest BCUT2D eigenvalue weighted by Crippen LogP contribution is -2.48. The smallest absolute Gasteiger partial charge is 0.294 e. The van der Waals surface area contributed by atoms with Crippen molar-refractivity contribution < 1.29 is 18.1 Å². The van der Waals surface area contributed by atoms with Crippen molar-refractivity contribution in [1.82, 2.24) is 29.0 Å². The van der Waals surface area contributed by atoms with Crippen LogP contribution in [0.25, 0.3) is 28.1 Å². The summed E-state index contributed by atoms with van der Waals surface area (Å²) in [5, 5.41) is 16.2. The SMILES string of the molecule is CCCOc1ccc(S(=O)(=O)N2CCN(CC)CC2)cc1-c1nc2c(CCC)n(-c3ccccc3[N+](=O)[O-])nc2c(=O)[nH]1. The molecule has 1 fully saturated rings. The molecule has 1 aliphatic rings. The number of likely N-dealkylation sites (N-methyl/N-ethyl adjacent to an activating group) is 1. The van der Waals surface area contributed by atoms with Crippen LogP contribution in [0.5, 0.6) is 5.75 Å². The first-order valence-corrected chi connectivity index (χ1v) is 15.9. The Morgan fingerprint density at radius 2 is 1.77 bits per heavy atom. The number of nitro benzene ring substituents is 1. The normalized spacial score (nSPS) is 14.8. The molecule has 1 aliphatic heterocycles. The number of para-hydroxylation sites is 2. The number of nitro groups is 1. The van der Waals surface area contributed by atoms with Gasteiger partial charge in [0.2, 0.25) is 10.0 Å². The van der Waals surface area contributed by atoms with Gasteiger partial charge in [-0.25, -0.2) is 18.1 Å². The number of nitrogens with one attached hydrogen (secondary N) is 1. The van der Waals surface area contributed by atoms with Crippen molar-refractivity contribution in [2.75, 3.05) is 39.3 Å². The lowest BCUT2D eigenvalue weighted by Gasteiger charge is -2.33. The number of hydrogen-bond acceptors (Lipinski definition) is 9. The Bertz CT molecular complexity index is 1810. The monoisotopic (exact) mass is 609 g/mol. The molecule has 0 spiro atoms. The molecule has 3 heterocycles. The molecule has 0 aliphatic carbocycles. The number of sulfonamides is 1. The molecule has 0 radical (unpaired) electrons. The molecule has 43 heavy (non-hydrogen) atoms. The zero-order valence-corrected chi connectivity index (χ0v) is 25.3. The molecule has 5 rings (SSSR count). The van der Waals surface area contributed by atoms with E-state index in [-0.39, 0.29) is 33.1 Å². The van der Waals surface area contributed by atoms with Gasteiger partial charge in [-0.1, -0.05) is 39.3 Å². The molecule has 0 saturated carbocycles. The van der Waals surface area contributed by atoms with Crippen LogP contribution < -0.4 is 10.3 Å². The largest absolute Gasteiger partial charge is 0.493 e. The number of benzene rings is 2. The van der Waals surface area contributed by atoms with Crippen molar-refractivity contribution in [1.29, 1.82) is 0 Å². The summed E-state index contributed by atoms with van der Waals surface area (Å²) in [6.07, 6.45) is 1.82. The van der Waals surface area contributed by atoms with Crippen LogP contribution in [0, 0.1) is 10.1 Å². The van der Waals surface area contributed by atoms with Crippen LogP contribution in [0.2, 0.25) is 0 Å². The van der Waals surface area contributed by atoms with Gasteiger partial charge in [-0.3, -0.25) is 14.9 Å². The summed E-state index contributed by atoms with van der Waals surface area (Å²) in [5.41, 5.74) is 0.674. The molecule has 14 heteroatoms. The van der Waals surface area contributed by atoms with Crippen LogP contribution in [0.4, 0.5) is 5.69 Å². The molecule has 13 nitrogen and oxygen atoms in total. The molecule has 4 aromatic rings. The third-order valence-electron chi connectivity index (χ3n) is 7.50. The Hall–Kier alpha value is -4.14. The van der Waals surface area contributed by atoms with Gasteiger partial charge in [-0.05, 0) is 43.7 Å². The number of fused-ring (bicyclic) bond motifs is 1. The van der Waals surface area contributed by atoms with Crippen LogP contribution in [0.3, 0.4) is 0 Å². The highest BCUT2D eigenvalue weighted by Crippen LogP contribution is 2.33. The summed E-state index contributed by atoms with van der Waals surface area (Å²) < 4.78 is 36.2. The summed E-state index contributed by atoms with van der Waals surface area (Å²) in [6.45, 7) is 9.24. The quantitative estimate of drug-likeness (QED) is 0.198. The zero-order valence-electron chi connectivity index (χ0n) is 24.4. The number of aromatic amines is 1. The number of hydrogen-bond donors (Lipinski definition) is 1. The van der Waals surface area contributed by atoms with Crippen molar-refractivity contribution in [2.24, 2.45) is 0 Å². The van der Waals surface area contributed by atoms with Gasteiger partial charge in [0.15, 0.2) is 5.52 Å². The second kappa shape index (κ2) is 12.6. The molecule has 0 unspecified atom stereocenters. The number of nitrogens with zero attached hydrogens (tertiary/aromatic N) is 6. The first kappa shape index (κ1) is 30.3. The van der Waals surface area contributed by atoms with Crippen molar-refractivity contribution in [2.45, 2.75) is 44.9 Å². The average molecular weight is 610 g/mol. The fourth-order valence-electron chi connectivity index (χ4n) is 5.23. The van der Waals surface area contributed by atoms with E-state index in [2.05, 4.69) is 15.0 Å². The van der Waals surface area contributed by atoms with Crippen LogP contribution >= 0.6 is 0 Å². The number of aromatic nitrogens is 4. The Labute approximate surface area is 249 Å². The third-order valence-corrected chi connectivity index (χ3v) is 9.40. The maximum atomic E-state index is 13.7. The van der Waals surface area contributed by atoms with Gasteiger partial charge >= 0.3 is 0 Å². The fourth-order valence-corrected chi connectivity index (χ4v) is 6.68. The van der Waals surface area contributed by atoms with Crippen LogP contribution in [0.15, 0.2) is 52.2 Å². The predicted octanol–water partition coefficient (Wildman–Crippen LogP) is 3.75. The lowest BCUT2D eigenvalue weighted by atomic mass is 10.1. The van der Waals surface area contributed by atoms with E-state index in [4.69, 9.17) is 9.72 Å². The minimum atomic E-state index is -3.82. The van der Waals surface area contributed by atoms with E-state index in [9.17, 15) is 23.3 Å². The topological polar surface area (TPSA) is 157 Å². The minimum absolute atomic E-state index is 0.0268. The van der Waals surface area contributed by atoms with Gasteiger partial charge < -0.3 is 14.6 Å². The molecule has 0 bridgehead atoms. The fraction of sp³-hybridized carbons (Fsp3) is 0.414. The van der Waals surface area contributed by atoms with Gasteiger partial charge in [0, 0.05) is 32.2 Å². The summed E-state index contributed by atoms with van der Waals surface area (Å²) in [7, 11) is -3.82. The van der Waals surface area contributed by atoms with E-state index in [0.717, 1.165) is 6.54 Å². The minimum Gasteiger partial charge on any atom is -0.493 e. The summed E-state index contributed by atoms with van der Waals surface area (Å²) >= 11 is 0. The van der Waals surface area contributed by atoms with Gasteiger partial charge in [0.25, 0.3) is 11.2 Å². The van der Waals surface area contributed by atoms with E-state index in [1.165, 1.54) is 27.2 Å². The van der Waals surface area contributed by atoms with Gasteiger partial charge in [0.05, 0.1) is 27.7 Å². The average Bonchev–Trinajstić information content (AvgIpc) is 3.38. The second-order valence-electron chi connectivity index (χ2n) is 10.3. The standard InChI is InChI=1S/C29H35N7O6S/c1-4-9-24-26-27(32-35(24)22-10-7-8-11-23(22)36(38)39)29(37)31-28(30-26)21-19-20(12-13-25(21)42-18-5-2)43(40,41)34-16-14-33(6-3)15-17-34/h7-8,10-13,19H,4-6,9,14-18H2,1-3H3,(H,30,31,37). The first-order chi connectivity index (χ1) is 20.7. The van der Waals surface area contributed by atoms with Crippen LogP contribution in [-0.2, 0) is 16.4 Å². The highest BCUT2D eigenvalue weighted by molar-refractivity contribution is 7.89. The van der Waals surface area contributed by atoms with Gasteiger partial charge in [0.1, 0.15) is 22.8 Å². The maximum absolute atomic E-state index is 13.7. The predicted molar refractivity (Wildman–Crippen MR) is 162 cm³/mol. The Balaban J connectivity index is 1.67. The Kier molecular flexibility index (Phi) is 8.89. The lowest BCUT2D eigenvalue weighted by molar-refractivity contribution is -0.384. The van der Waals surface area contributed by atoms with Crippen LogP contribution in [-0.4, -0.2) is 81.6 Å². The molecular weight excluding hydrogens is 574 g/mol. The van der Waals surface area contributed by atoms with E-state index in [1.54, 1.807) is 24.3 Å². The molecule has 1 N–H and O–H groups in total. The van der Waals surface area contributed by atoms with Crippen molar-refractivity contribution in [3.63, 3.8) is 0 Å². The zero-order chi connectivity index (χ0) is 30.7. The molecule has 0 amide bonds. The molecular formula is C29H35N7O6S. The number of piperazine rings is 1. The summed E-state index contributed by atoms with van der Waals surface area (Å²) in [4.78, 5) is 34.5. The number of H-pyrrole nitrogens is 1. The Morgan fingerprint density at radius 1 is 1.02 bits per heavy atom. The highest BCUT2D eigenvalue weighted by Gasteiger charge is 2.30. The van der Waals surface area contributed by atoms with E-state index in [1.807, 2.05) is 20.8 Å². The number of rotatable bonds is 11. The third kappa shape index (κ3) is 5.90.